The van der Waals surface area contributed by atoms with Crippen LogP contribution in [0.25, 0.3) is 0 Å². The lowest BCUT2D eigenvalue weighted by atomic mass is 9.86. The highest BCUT2D eigenvalue weighted by Gasteiger charge is 2.15. The fourth-order valence-corrected chi connectivity index (χ4v) is 4.35. The van der Waals surface area contributed by atoms with Gasteiger partial charge in [-0.2, -0.15) is 0 Å². The number of ether oxygens (including phenoxy) is 1. The second kappa shape index (κ2) is 9.49. The van der Waals surface area contributed by atoms with E-state index < -0.39 is 0 Å². The van der Waals surface area contributed by atoms with Crippen molar-refractivity contribution in [3.8, 4) is 0 Å². The van der Waals surface area contributed by atoms with Crippen molar-refractivity contribution in [1.29, 1.82) is 0 Å². The summed E-state index contributed by atoms with van der Waals surface area (Å²) in [7, 11) is 0. The third-order valence-corrected chi connectivity index (χ3v) is 5.83. The Kier molecular flexibility index (Phi) is 7.05. The fraction of sp³-hybridized carbons (Fsp3) is 0.778. The van der Waals surface area contributed by atoms with Crippen molar-refractivity contribution in [2.45, 2.75) is 57.9 Å². The number of nitrogens with one attached hydrogen (secondary N) is 1. The lowest BCUT2D eigenvalue weighted by Gasteiger charge is -2.25. The number of hydrogen-bond donors (Lipinski definition) is 1. The van der Waals surface area contributed by atoms with E-state index >= 15 is 0 Å². The van der Waals surface area contributed by atoms with Gasteiger partial charge in [0.1, 0.15) is 0 Å². The van der Waals surface area contributed by atoms with Crippen LogP contribution in [-0.4, -0.2) is 42.1 Å². The van der Waals surface area contributed by atoms with Crippen LogP contribution in [0.3, 0.4) is 0 Å². The van der Waals surface area contributed by atoms with Crippen LogP contribution in [0.2, 0.25) is 0 Å². The molecule has 1 aliphatic heterocycles. The standard InChI is InChI=1S/C18H29N3O2S/c22-17(8-4-7-15-5-2-1-3-6-15)20-18-19-16(14-24-18)13-21-9-11-23-12-10-21/h14-15H,1-13H2,(H,19,20,22). The van der Waals surface area contributed by atoms with E-state index in [0.717, 1.165) is 56.0 Å². The predicted molar refractivity (Wildman–Crippen MR) is 97.3 cm³/mol. The minimum absolute atomic E-state index is 0.109. The highest BCUT2D eigenvalue weighted by molar-refractivity contribution is 7.13. The number of aromatic nitrogens is 1. The van der Waals surface area contributed by atoms with E-state index in [0.29, 0.717) is 6.42 Å². The van der Waals surface area contributed by atoms with Crippen LogP contribution in [0, 0.1) is 5.92 Å². The maximum Gasteiger partial charge on any atom is 0.226 e. The summed E-state index contributed by atoms with van der Waals surface area (Å²) in [5.41, 5.74) is 1.04. The van der Waals surface area contributed by atoms with Crippen molar-refractivity contribution in [3.05, 3.63) is 11.1 Å². The first-order valence-electron chi connectivity index (χ1n) is 9.34. The summed E-state index contributed by atoms with van der Waals surface area (Å²) in [6.45, 7) is 4.36. The van der Waals surface area contributed by atoms with E-state index in [4.69, 9.17) is 4.74 Å². The van der Waals surface area contributed by atoms with E-state index in [9.17, 15) is 4.79 Å². The molecular weight excluding hydrogens is 322 g/mol. The van der Waals surface area contributed by atoms with Gasteiger partial charge in [0.05, 0.1) is 18.9 Å². The fourth-order valence-electron chi connectivity index (χ4n) is 3.63. The largest absolute Gasteiger partial charge is 0.379 e. The molecule has 1 aromatic heterocycles. The van der Waals surface area contributed by atoms with E-state index in [2.05, 4.69) is 15.2 Å². The van der Waals surface area contributed by atoms with Crippen LogP contribution in [0.5, 0.6) is 0 Å². The molecule has 134 valence electrons. The third kappa shape index (κ3) is 5.83. The van der Waals surface area contributed by atoms with Gasteiger partial charge in [-0.15, -0.1) is 11.3 Å². The molecule has 1 N–H and O–H groups in total. The van der Waals surface area contributed by atoms with Crippen molar-refractivity contribution in [2.24, 2.45) is 5.92 Å². The van der Waals surface area contributed by atoms with Gasteiger partial charge in [-0.05, 0) is 18.8 Å². The molecule has 0 bridgehead atoms. The van der Waals surface area contributed by atoms with Crippen LogP contribution in [0.1, 0.15) is 57.1 Å². The third-order valence-electron chi connectivity index (χ3n) is 5.03. The predicted octanol–water partition coefficient (Wildman–Crippen LogP) is 3.66. The van der Waals surface area contributed by atoms with Gasteiger partial charge < -0.3 is 10.1 Å². The van der Waals surface area contributed by atoms with Gasteiger partial charge in [-0.3, -0.25) is 9.69 Å². The van der Waals surface area contributed by atoms with E-state index in [1.54, 1.807) is 0 Å². The number of nitrogens with zero attached hydrogens (tertiary/aromatic N) is 2. The topological polar surface area (TPSA) is 54.5 Å². The maximum absolute atomic E-state index is 12.1. The molecule has 6 heteroatoms. The lowest BCUT2D eigenvalue weighted by Crippen LogP contribution is -2.35. The van der Waals surface area contributed by atoms with Gasteiger partial charge in [0.15, 0.2) is 5.13 Å². The van der Waals surface area contributed by atoms with Crippen molar-refractivity contribution in [3.63, 3.8) is 0 Å². The molecule has 0 radical (unpaired) electrons. The molecule has 1 saturated heterocycles. The smallest absolute Gasteiger partial charge is 0.226 e. The summed E-state index contributed by atoms with van der Waals surface area (Å²) in [4.78, 5) is 19.0. The van der Waals surface area contributed by atoms with Gasteiger partial charge >= 0.3 is 0 Å². The Hall–Kier alpha value is -0.980. The molecule has 1 aromatic rings. The molecule has 24 heavy (non-hydrogen) atoms. The van der Waals surface area contributed by atoms with Crippen LogP contribution in [0.15, 0.2) is 5.38 Å². The first kappa shape index (κ1) is 17.8. The molecule has 2 heterocycles. The maximum atomic E-state index is 12.1. The first-order chi connectivity index (χ1) is 11.8. The average molecular weight is 352 g/mol. The highest BCUT2D eigenvalue weighted by atomic mass is 32.1. The van der Waals surface area contributed by atoms with Crippen LogP contribution >= 0.6 is 11.3 Å². The first-order valence-corrected chi connectivity index (χ1v) is 10.2. The zero-order valence-electron chi connectivity index (χ0n) is 14.5. The van der Waals surface area contributed by atoms with Gasteiger partial charge in [-0.25, -0.2) is 4.98 Å². The minimum atomic E-state index is 0.109. The second-order valence-electron chi connectivity index (χ2n) is 6.98. The monoisotopic (exact) mass is 351 g/mol. The SMILES string of the molecule is O=C(CCCC1CCCCC1)Nc1nc(CN2CCOCC2)cs1. The quantitative estimate of drug-likeness (QED) is 0.814. The number of hydrogen-bond acceptors (Lipinski definition) is 5. The molecule has 1 saturated carbocycles. The van der Waals surface area contributed by atoms with Crippen LogP contribution in [0.4, 0.5) is 5.13 Å². The molecule has 3 rings (SSSR count). The van der Waals surface area contributed by atoms with Crippen LogP contribution < -0.4 is 5.32 Å². The second-order valence-corrected chi connectivity index (χ2v) is 7.84. The molecule has 5 nitrogen and oxygen atoms in total. The summed E-state index contributed by atoms with van der Waals surface area (Å²) in [6.07, 6.45) is 9.70. The number of rotatable bonds is 7. The summed E-state index contributed by atoms with van der Waals surface area (Å²) in [6, 6.07) is 0. The van der Waals surface area contributed by atoms with Gasteiger partial charge in [0, 0.05) is 31.4 Å². The van der Waals surface area contributed by atoms with Crippen LogP contribution in [-0.2, 0) is 16.1 Å². The van der Waals surface area contributed by atoms with Crippen molar-refractivity contribution < 1.29 is 9.53 Å². The number of thiazole rings is 1. The molecule has 1 amide bonds. The Morgan fingerprint density at radius 1 is 1.29 bits per heavy atom. The summed E-state index contributed by atoms with van der Waals surface area (Å²) >= 11 is 1.53. The molecule has 0 aromatic carbocycles. The molecule has 0 unspecified atom stereocenters. The van der Waals surface area contributed by atoms with E-state index in [1.165, 1.54) is 49.9 Å². The molecule has 2 fully saturated rings. The van der Waals surface area contributed by atoms with E-state index in [-0.39, 0.29) is 5.91 Å². The number of carbonyl (C=O) groups excluding carboxylic acids is 1. The zero-order valence-corrected chi connectivity index (χ0v) is 15.3. The number of anilines is 1. The molecule has 2 aliphatic rings. The molecule has 0 atom stereocenters. The molecule has 0 spiro atoms. The molecular formula is C18H29N3O2S. The zero-order chi connectivity index (χ0) is 16.6. The van der Waals surface area contributed by atoms with E-state index in [1.807, 2.05) is 5.38 Å². The van der Waals surface area contributed by atoms with Gasteiger partial charge in [0.25, 0.3) is 0 Å². The minimum Gasteiger partial charge on any atom is -0.379 e. The summed E-state index contributed by atoms with van der Waals surface area (Å²) in [5.74, 6) is 0.963. The number of amides is 1. The number of carbonyl (C=O) groups is 1. The van der Waals surface area contributed by atoms with Crippen molar-refractivity contribution >= 4 is 22.4 Å². The number of morpholine rings is 1. The highest BCUT2D eigenvalue weighted by Crippen LogP contribution is 2.27. The summed E-state index contributed by atoms with van der Waals surface area (Å²) < 4.78 is 5.36. The van der Waals surface area contributed by atoms with Crippen molar-refractivity contribution in [1.82, 2.24) is 9.88 Å². The Morgan fingerprint density at radius 3 is 2.88 bits per heavy atom. The lowest BCUT2D eigenvalue weighted by molar-refractivity contribution is -0.116. The van der Waals surface area contributed by atoms with Gasteiger partial charge in [0.2, 0.25) is 5.91 Å². The Balaban J connectivity index is 1.35. The Bertz CT molecular complexity index is 508. The normalized spacial score (nSPS) is 20.2. The van der Waals surface area contributed by atoms with Crippen molar-refractivity contribution in [2.75, 3.05) is 31.6 Å². The Labute approximate surface area is 148 Å². The van der Waals surface area contributed by atoms with Gasteiger partial charge in [-0.1, -0.05) is 32.1 Å². The average Bonchev–Trinajstić information content (AvgIpc) is 3.03. The summed E-state index contributed by atoms with van der Waals surface area (Å²) in [5, 5.41) is 5.75. The Morgan fingerprint density at radius 2 is 2.08 bits per heavy atom. The molecule has 1 aliphatic carbocycles.